The molecule has 0 radical (unpaired) electrons. The van der Waals surface area contributed by atoms with Crippen LogP contribution in [0.5, 0.6) is 0 Å². The molecule has 0 unspecified atom stereocenters. The number of carbonyl (C=O) groups excluding carboxylic acids is 2. The van der Waals surface area contributed by atoms with E-state index in [0.717, 1.165) is 58.4 Å². The van der Waals surface area contributed by atoms with Gasteiger partial charge in [-0.25, -0.2) is 5.06 Å². The Morgan fingerprint density at radius 2 is 1.91 bits per heavy atom. The van der Waals surface area contributed by atoms with Crippen molar-refractivity contribution in [1.29, 1.82) is 0 Å². The van der Waals surface area contributed by atoms with Crippen LogP contribution in [0, 0.1) is 11.8 Å². The van der Waals surface area contributed by atoms with Crippen molar-refractivity contribution >= 4 is 24.2 Å². The van der Waals surface area contributed by atoms with Crippen molar-refractivity contribution < 1.29 is 14.8 Å². The number of amides is 2. The number of aryl methyl sites for hydroxylation is 1. The highest BCUT2D eigenvalue weighted by Crippen LogP contribution is 2.30. The van der Waals surface area contributed by atoms with E-state index in [4.69, 9.17) is 0 Å². The Morgan fingerprint density at radius 1 is 1.19 bits per heavy atom. The summed E-state index contributed by atoms with van der Waals surface area (Å²) in [5.74, 6) is 1.16. The SMILES string of the molecule is CCc1nc(NNC(=O)[C@H](CC2CCCC2)CN(O)C=O)nc(N2CCN(CC)CC2)n1. The summed E-state index contributed by atoms with van der Waals surface area (Å²) in [6, 6.07) is 0. The number of hydroxylamine groups is 2. The molecule has 0 aromatic carbocycles. The highest BCUT2D eigenvalue weighted by Gasteiger charge is 2.27. The zero-order valence-electron chi connectivity index (χ0n) is 19.2. The fourth-order valence-corrected chi connectivity index (χ4v) is 4.43. The van der Waals surface area contributed by atoms with E-state index in [1.807, 2.05) is 6.92 Å². The maximum atomic E-state index is 12.9. The Labute approximate surface area is 189 Å². The average molecular weight is 449 g/mol. The Bertz CT molecular complexity index is 751. The number of likely N-dealkylation sites (N-methyl/N-ethyl adjacent to an activating group) is 1. The van der Waals surface area contributed by atoms with Gasteiger partial charge in [-0.2, -0.15) is 15.0 Å². The van der Waals surface area contributed by atoms with Gasteiger partial charge in [-0.15, -0.1) is 0 Å². The second kappa shape index (κ2) is 11.9. The first-order valence-corrected chi connectivity index (χ1v) is 11.7. The Hall–Kier alpha value is -2.53. The molecule has 1 aromatic heterocycles. The molecule has 178 valence electrons. The second-order valence-electron chi connectivity index (χ2n) is 8.57. The summed E-state index contributed by atoms with van der Waals surface area (Å²) >= 11 is 0. The lowest BCUT2D eigenvalue weighted by molar-refractivity contribution is -0.154. The van der Waals surface area contributed by atoms with E-state index >= 15 is 0 Å². The third kappa shape index (κ3) is 6.73. The fourth-order valence-electron chi connectivity index (χ4n) is 4.43. The minimum absolute atomic E-state index is 0.0438. The van der Waals surface area contributed by atoms with E-state index < -0.39 is 5.92 Å². The van der Waals surface area contributed by atoms with Crippen LogP contribution in [0.25, 0.3) is 0 Å². The molecule has 1 saturated heterocycles. The standard InChI is InChI=1S/C21H36N8O3/c1-3-18-22-20(24-21(23-18)28-11-9-27(4-2)10-12-28)26-25-19(31)17(14-29(32)15-30)13-16-7-5-6-8-16/h15-17,32H,3-14H2,1-2H3,(H,25,31)(H,22,23,24,26)/t17-/m1/s1. The number of hydrogen-bond donors (Lipinski definition) is 3. The second-order valence-corrected chi connectivity index (χ2v) is 8.57. The summed E-state index contributed by atoms with van der Waals surface area (Å²) in [4.78, 5) is 41.7. The van der Waals surface area contributed by atoms with Gasteiger partial charge in [-0.05, 0) is 18.9 Å². The minimum atomic E-state index is -0.519. The van der Waals surface area contributed by atoms with Gasteiger partial charge in [0.15, 0.2) is 0 Å². The van der Waals surface area contributed by atoms with Crippen LogP contribution < -0.4 is 15.8 Å². The maximum absolute atomic E-state index is 12.9. The topological polar surface area (TPSA) is 127 Å². The molecular formula is C21H36N8O3. The lowest BCUT2D eigenvalue weighted by Crippen LogP contribution is -2.47. The summed E-state index contributed by atoms with van der Waals surface area (Å²) in [6.07, 6.45) is 6.07. The van der Waals surface area contributed by atoms with Gasteiger partial charge in [0.05, 0.1) is 12.5 Å². The highest BCUT2D eigenvalue weighted by molar-refractivity contribution is 5.80. The smallest absolute Gasteiger partial charge is 0.246 e. The number of hydrogen-bond acceptors (Lipinski definition) is 9. The molecule has 2 fully saturated rings. The molecule has 2 aliphatic rings. The number of nitrogens with one attached hydrogen (secondary N) is 2. The first-order chi connectivity index (χ1) is 15.5. The first-order valence-electron chi connectivity index (χ1n) is 11.7. The van der Waals surface area contributed by atoms with Crippen LogP contribution in [0.1, 0.15) is 51.8 Å². The fraction of sp³-hybridized carbons (Fsp3) is 0.762. The lowest BCUT2D eigenvalue weighted by Gasteiger charge is -2.34. The zero-order chi connectivity index (χ0) is 22.9. The van der Waals surface area contributed by atoms with Crippen molar-refractivity contribution in [2.75, 3.05) is 49.6 Å². The van der Waals surface area contributed by atoms with Crippen LogP contribution in [0.15, 0.2) is 0 Å². The van der Waals surface area contributed by atoms with Gasteiger partial charge in [-0.1, -0.05) is 39.5 Å². The van der Waals surface area contributed by atoms with Gasteiger partial charge >= 0.3 is 0 Å². The van der Waals surface area contributed by atoms with Gasteiger partial charge < -0.3 is 9.80 Å². The molecule has 1 aliphatic carbocycles. The molecule has 1 atom stereocenters. The van der Waals surface area contributed by atoms with Crippen LogP contribution in [-0.4, -0.2) is 81.7 Å². The Morgan fingerprint density at radius 3 is 2.53 bits per heavy atom. The normalized spacial score (nSPS) is 18.4. The van der Waals surface area contributed by atoms with Crippen molar-refractivity contribution in [2.45, 2.75) is 52.4 Å². The molecule has 0 spiro atoms. The van der Waals surface area contributed by atoms with Crippen molar-refractivity contribution in [3.8, 4) is 0 Å². The summed E-state index contributed by atoms with van der Waals surface area (Å²) in [5, 5.41) is 10.2. The van der Waals surface area contributed by atoms with Crippen LogP contribution in [0.2, 0.25) is 0 Å². The number of hydrazine groups is 1. The number of nitrogens with zero attached hydrogens (tertiary/aromatic N) is 6. The van der Waals surface area contributed by atoms with E-state index in [-0.39, 0.29) is 18.4 Å². The van der Waals surface area contributed by atoms with Gasteiger partial charge in [0.1, 0.15) is 5.82 Å². The molecule has 2 heterocycles. The predicted molar refractivity (Wildman–Crippen MR) is 120 cm³/mol. The summed E-state index contributed by atoms with van der Waals surface area (Å²) in [5.41, 5.74) is 5.51. The molecule has 32 heavy (non-hydrogen) atoms. The summed E-state index contributed by atoms with van der Waals surface area (Å²) in [7, 11) is 0. The Balaban J connectivity index is 1.64. The molecule has 1 saturated carbocycles. The minimum Gasteiger partial charge on any atom is -0.338 e. The van der Waals surface area contributed by atoms with Crippen molar-refractivity contribution in [3.05, 3.63) is 5.82 Å². The van der Waals surface area contributed by atoms with Crippen LogP contribution in [0.4, 0.5) is 11.9 Å². The third-order valence-electron chi connectivity index (χ3n) is 6.38. The molecule has 11 heteroatoms. The number of rotatable bonds is 11. The number of anilines is 2. The zero-order valence-corrected chi connectivity index (χ0v) is 19.2. The largest absolute Gasteiger partial charge is 0.338 e. The highest BCUT2D eigenvalue weighted by atomic mass is 16.5. The van der Waals surface area contributed by atoms with Gasteiger partial charge in [0, 0.05) is 32.6 Å². The summed E-state index contributed by atoms with van der Waals surface area (Å²) in [6.45, 7) is 8.72. The van der Waals surface area contributed by atoms with Crippen LogP contribution >= 0.6 is 0 Å². The first kappa shape index (κ1) is 24.1. The third-order valence-corrected chi connectivity index (χ3v) is 6.38. The van der Waals surface area contributed by atoms with E-state index in [1.165, 1.54) is 0 Å². The van der Waals surface area contributed by atoms with E-state index in [1.54, 1.807) is 0 Å². The predicted octanol–water partition coefficient (Wildman–Crippen LogP) is 1.06. The Kier molecular flexibility index (Phi) is 8.98. The molecule has 11 nitrogen and oxygen atoms in total. The number of aromatic nitrogens is 3. The molecule has 3 rings (SSSR count). The quantitative estimate of drug-likeness (QED) is 0.259. The lowest BCUT2D eigenvalue weighted by atomic mass is 9.92. The molecule has 2 amide bonds. The molecule has 3 N–H and O–H groups in total. The van der Waals surface area contributed by atoms with Crippen molar-refractivity contribution in [3.63, 3.8) is 0 Å². The summed E-state index contributed by atoms with van der Waals surface area (Å²) < 4.78 is 0. The van der Waals surface area contributed by atoms with E-state index in [0.29, 0.717) is 42.0 Å². The van der Waals surface area contributed by atoms with E-state index in [9.17, 15) is 14.8 Å². The molecule has 1 aromatic rings. The molecule has 1 aliphatic heterocycles. The maximum Gasteiger partial charge on any atom is 0.246 e. The monoisotopic (exact) mass is 448 g/mol. The average Bonchev–Trinajstić information content (AvgIpc) is 3.35. The van der Waals surface area contributed by atoms with Gasteiger partial charge in [-0.3, -0.25) is 25.6 Å². The van der Waals surface area contributed by atoms with Gasteiger partial charge in [0.2, 0.25) is 24.2 Å². The van der Waals surface area contributed by atoms with Crippen LogP contribution in [0.3, 0.4) is 0 Å². The molecule has 0 bridgehead atoms. The van der Waals surface area contributed by atoms with Crippen molar-refractivity contribution in [2.24, 2.45) is 11.8 Å². The number of piperazine rings is 1. The molecular weight excluding hydrogens is 412 g/mol. The number of carbonyl (C=O) groups is 2. The van der Waals surface area contributed by atoms with E-state index in [2.05, 4.69) is 42.5 Å². The van der Waals surface area contributed by atoms with Crippen molar-refractivity contribution in [1.82, 2.24) is 30.3 Å². The van der Waals surface area contributed by atoms with Gasteiger partial charge in [0.25, 0.3) is 0 Å². The van der Waals surface area contributed by atoms with Crippen LogP contribution in [-0.2, 0) is 16.0 Å².